The fourth-order valence-corrected chi connectivity index (χ4v) is 2.47. The Morgan fingerprint density at radius 3 is 2.62 bits per heavy atom. The number of aromatic nitrogens is 1. The molecule has 0 atom stereocenters. The van der Waals surface area contributed by atoms with E-state index in [1.807, 2.05) is 0 Å². The highest BCUT2D eigenvalue weighted by atomic mass is 19.1. The van der Waals surface area contributed by atoms with Gasteiger partial charge in [-0.25, -0.2) is 4.39 Å². The van der Waals surface area contributed by atoms with Crippen molar-refractivity contribution < 1.29 is 9.18 Å². The van der Waals surface area contributed by atoms with Crippen LogP contribution in [0.2, 0.25) is 0 Å². The summed E-state index contributed by atoms with van der Waals surface area (Å²) in [5.74, 6) is 0.425. The quantitative estimate of drug-likeness (QED) is 0.768. The van der Waals surface area contributed by atoms with Crippen LogP contribution in [0.3, 0.4) is 0 Å². The van der Waals surface area contributed by atoms with Crippen molar-refractivity contribution >= 4 is 5.78 Å². The van der Waals surface area contributed by atoms with E-state index in [1.54, 1.807) is 19.2 Å². The van der Waals surface area contributed by atoms with Crippen molar-refractivity contribution in [2.75, 3.05) is 0 Å². The molecule has 2 nitrogen and oxygen atoms in total. The van der Waals surface area contributed by atoms with Crippen LogP contribution in [0.4, 0.5) is 4.39 Å². The number of carbonyl (C=O) groups excluding carboxylic acids is 1. The number of carbonyl (C=O) groups is 1. The van der Waals surface area contributed by atoms with Gasteiger partial charge in [0.15, 0.2) is 0 Å². The second kappa shape index (κ2) is 4.73. The molecule has 0 aliphatic heterocycles. The first-order valence-corrected chi connectivity index (χ1v) is 5.79. The maximum absolute atomic E-state index is 13.5. The van der Waals surface area contributed by atoms with Gasteiger partial charge in [0.2, 0.25) is 0 Å². The SMILES string of the molecule is CC(=O)C1CCC(c2ncccc2F)CC1. The highest BCUT2D eigenvalue weighted by Crippen LogP contribution is 2.35. The molecule has 0 amide bonds. The Morgan fingerprint density at radius 1 is 1.38 bits per heavy atom. The molecule has 86 valence electrons. The number of rotatable bonds is 2. The summed E-state index contributed by atoms with van der Waals surface area (Å²) in [4.78, 5) is 15.3. The standard InChI is InChI=1S/C13H16FNO/c1-9(16)10-4-6-11(7-5-10)13-12(14)3-2-8-15-13/h2-3,8,10-11H,4-7H2,1H3. The number of Topliss-reactive ketones (excluding diaryl/α,β-unsaturated/α-hetero) is 1. The molecule has 0 aromatic carbocycles. The van der Waals surface area contributed by atoms with E-state index in [0.717, 1.165) is 25.7 Å². The molecule has 1 aliphatic carbocycles. The van der Waals surface area contributed by atoms with E-state index < -0.39 is 0 Å². The highest BCUT2D eigenvalue weighted by Gasteiger charge is 2.26. The zero-order valence-corrected chi connectivity index (χ0v) is 9.45. The van der Waals surface area contributed by atoms with Crippen LogP contribution in [0.1, 0.15) is 44.2 Å². The van der Waals surface area contributed by atoms with Crippen molar-refractivity contribution in [3.05, 3.63) is 29.8 Å². The summed E-state index contributed by atoms with van der Waals surface area (Å²) in [6, 6.07) is 3.07. The maximum Gasteiger partial charge on any atom is 0.144 e. The van der Waals surface area contributed by atoms with Crippen molar-refractivity contribution in [2.24, 2.45) is 5.92 Å². The number of nitrogens with zero attached hydrogens (tertiary/aromatic N) is 1. The van der Waals surface area contributed by atoms with Crippen molar-refractivity contribution in [3.8, 4) is 0 Å². The molecular weight excluding hydrogens is 205 g/mol. The van der Waals surface area contributed by atoms with Gasteiger partial charge in [0.25, 0.3) is 0 Å². The second-order valence-electron chi connectivity index (χ2n) is 4.53. The molecule has 1 aliphatic rings. The zero-order chi connectivity index (χ0) is 11.5. The molecule has 1 heterocycles. The average molecular weight is 221 g/mol. The van der Waals surface area contributed by atoms with Crippen LogP contribution in [0.5, 0.6) is 0 Å². The van der Waals surface area contributed by atoms with E-state index in [-0.39, 0.29) is 23.4 Å². The third-order valence-electron chi connectivity index (χ3n) is 3.48. The molecule has 0 bridgehead atoms. The molecule has 0 saturated heterocycles. The molecular formula is C13H16FNO. The van der Waals surface area contributed by atoms with Gasteiger partial charge in [-0.05, 0) is 44.7 Å². The molecule has 0 N–H and O–H groups in total. The second-order valence-corrected chi connectivity index (χ2v) is 4.53. The van der Waals surface area contributed by atoms with Gasteiger partial charge in [-0.3, -0.25) is 9.78 Å². The topological polar surface area (TPSA) is 30.0 Å². The van der Waals surface area contributed by atoms with Crippen LogP contribution in [-0.4, -0.2) is 10.8 Å². The maximum atomic E-state index is 13.5. The molecule has 1 saturated carbocycles. The highest BCUT2D eigenvalue weighted by molar-refractivity contribution is 5.78. The summed E-state index contributed by atoms with van der Waals surface area (Å²) in [5.41, 5.74) is 0.574. The first-order chi connectivity index (χ1) is 7.68. The Balaban J connectivity index is 2.05. The van der Waals surface area contributed by atoms with Crippen LogP contribution in [0, 0.1) is 11.7 Å². The fourth-order valence-electron chi connectivity index (χ4n) is 2.47. The molecule has 16 heavy (non-hydrogen) atoms. The van der Waals surface area contributed by atoms with Crippen molar-refractivity contribution in [1.29, 1.82) is 0 Å². The summed E-state index contributed by atoms with van der Waals surface area (Å²) >= 11 is 0. The van der Waals surface area contributed by atoms with Crippen molar-refractivity contribution in [3.63, 3.8) is 0 Å². The lowest BCUT2D eigenvalue weighted by Gasteiger charge is -2.26. The number of pyridine rings is 1. The van der Waals surface area contributed by atoms with E-state index in [1.165, 1.54) is 6.07 Å². The minimum Gasteiger partial charge on any atom is -0.300 e. The van der Waals surface area contributed by atoms with Crippen LogP contribution >= 0.6 is 0 Å². The Labute approximate surface area is 94.9 Å². The van der Waals surface area contributed by atoms with E-state index >= 15 is 0 Å². The van der Waals surface area contributed by atoms with Gasteiger partial charge in [-0.15, -0.1) is 0 Å². The minimum absolute atomic E-state index is 0.183. The Bertz CT molecular complexity index is 383. The predicted molar refractivity (Wildman–Crippen MR) is 59.6 cm³/mol. The van der Waals surface area contributed by atoms with Crippen LogP contribution in [0.15, 0.2) is 18.3 Å². The van der Waals surface area contributed by atoms with Gasteiger partial charge in [-0.2, -0.15) is 0 Å². The first-order valence-electron chi connectivity index (χ1n) is 5.79. The molecule has 2 rings (SSSR count). The third-order valence-corrected chi connectivity index (χ3v) is 3.48. The third kappa shape index (κ3) is 2.29. The minimum atomic E-state index is -0.214. The molecule has 0 unspecified atom stereocenters. The number of ketones is 1. The van der Waals surface area contributed by atoms with Gasteiger partial charge in [0.1, 0.15) is 11.6 Å². The molecule has 3 heteroatoms. The Kier molecular flexibility index (Phi) is 3.32. The average Bonchev–Trinajstić information content (AvgIpc) is 2.30. The summed E-state index contributed by atoms with van der Waals surface area (Å²) in [7, 11) is 0. The Morgan fingerprint density at radius 2 is 2.06 bits per heavy atom. The summed E-state index contributed by atoms with van der Waals surface area (Å²) in [6.45, 7) is 1.65. The van der Waals surface area contributed by atoms with E-state index in [4.69, 9.17) is 0 Å². The van der Waals surface area contributed by atoms with E-state index in [0.29, 0.717) is 5.69 Å². The largest absolute Gasteiger partial charge is 0.300 e. The van der Waals surface area contributed by atoms with Gasteiger partial charge in [-0.1, -0.05) is 0 Å². The zero-order valence-electron chi connectivity index (χ0n) is 9.45. The van der Waals surface area contributed by atoms with Gasteiger partial charge < -0.3 is 0 Å². The molecule has 0 radical (unpaired) electrons. The van der Waals surface area contributed by atoms with Crippen molar-refractivity contribution in [2.45, 2.75) is 38.5 Å². The Hall–Kier alpha value is -1.25. The number of hydrogen-bond donors (Lipinski definition) is 0. The van der Waals surface area contributed by atoms with Crippen LogP contribution < -0.4 is 0 Å². The summed E-state index contributed by atoms with van der Waals surface area (Å²) in [6.07, 6.45) is 5.12. The van der Waals surface area contributed by atoms with Crippen LogP contribution in [-0.2, 0) is 4.79 Å². The summed E-state index contributed by atoms with van der Waals surface area (Å²) < 4.78 is 13.5. The molecule has 1 aromatic heterocycles. The number of hydrogen-bond acceptors (Lipinski definition) is 2. The lowest BCUT2D eigenvalue weighted by atomic mass is 9.79. The van der Waals surface area contributed by atoms with Gasteiger partial charge in [0, 0.05) is 18.0 Å². The van der Waals surface area contributed by atoms with Crippen molar-refractivity contribution in [1.82, 2.24) is 4.98 Å². The van der Waals surface area contributed by atoms with E-state index in [9.17, 15) is 9.18 Å². The summed E-state index contributed by atoms with van der Waals surface area (Å²) in [5, 5.41) is 0. The smallest absolute Gasteiger partial charge is 0.144 e. The molecule has 0 spiro atoms. The van der Waals surface area contributed by atoms with Crippen LogP contribution in [0.25, 0.3) is 0 Å². The molecule has 1 aromatic rings. The molecule has 1 fully saturated rings. The lowest BCUT2D eigenvalue weighted by Crippen LogP contribution is -2.20. The monoisotopic (exact) mass is 221 g/mol. The predicted octanol–water partition coefficient (Wildman–Crippen LogP) is 3.08. The lowest BCUT2D eigenvalue weighted by molar-refractivity contribution is -0.121. The van der Waals surface area contributed by atoms with Gasteiger partial charge >= 0.3 is 0 Å². The number of halogens is 1. The first kappa shape index (κ1) is 11.2. The fraction of sp³-hybridized carbons (Fsp3) is 0.538. The normalized spacial score (nSPS) is 25.4. The van der Waals surface area contributed by atoms with E-state index in [2.05, 4.69) is 4.98 Å². The van der Waals surface area contributed by atoms with Gasteiger partial charge in [0.05, 0.1) is 5.69 Å².